The van der Waals surface area contributed by atoms with Crippen LogP contribution in [0.2, 0.25) is 0 Å². The van der Waals surface area contributed by atoms with Crippen LogP contribution in [0.3, 0.4) is 0 Å². The van der Waals surface area contributed by atoms with Crippen molar-refractivity contribution in [2.75, 3.05) is 5.73 Å². The first-order chi connectivity index (χ1) is 14.9. The number of nitrogens with zero attached hydrogens (tertiary/aromatic N) is 3. The molecule has 3 aromatic heterocycles. The number of rotatable bonds is 4. The molecule has 168 valence electrons. The molecule has 1 aromatic carbocycles. The van der Waals surface area contributed by atoms with Crippen molar-refractivity contribution in [1.29, 1.82) is 0 Å². The third kappa shape index (κ3) is 3.56. The molecule has 4 aromatic rings. The maximum absolute atomic E-state index is 12.7. The van der Waals surface area contributed by atoms with Gasteiger partial charge >= 0.3 is 5.51 Å². The summed E-state index contributed by atoms with van der Waals surface area (Å²) in [4.78, 5) is 17.1. The minimum absolute atomic E-state index is 0.0321. The highest BCUT2D eigenvalue weighted by atomic mass is 32.2. The zero-order chi connectivity index (χ0) is 23.4. The van der Waals surface area contributed by atoms with Crippen molar-refractivity contribution in [2.24, 2.45) is 0 Å². The van der Waals surface area contributed by atoms with Gasteiger partial charge in [-0.15, -0.1) is 11.3 Å². The van der Waals surface area contributed by atoms with E-state index in [4.69, 9.17) is 5.73 Å². The number of carbonyl (C=O) groups excluding carboxylic acids is 1. The number of anilines is 1. The quantitative estimate of drug-likeness (QED) is 0.459. The SMILES string of the molecule is Cc1nc2cc(C)c3c(N)c(C(=O)NCc4ccc(S(=O)(=O)C(F)(F)F)cc4)sc3n2n1. The number of aryl methyl sites for hydroxylation is 2. The van der Waals surface area contributed by atoms with Crippen LogP contribution in [0, 0.1) is 13.8 Å². The summed E-state index contributed by atoms with van der Waals surface area (Å²) in [5.74, 6) is 0.103. The highest BCUT2D eigenvalue weighted by Gasteiger charge is 2.46. The van der Waals surface area contributed by atoms with Crippen molar-refractivity contribution in [3.05, 3.63) is 52.2 Å². The zero-order valence-corrected chi connectivity index (χ0v) is 18.3. The summed E-state index contributed by atoms with van der Waals surface area (Å²) in [7, 11) is -5.42. The fraction of sp³-hybridized carbons (Fsp3) is 0.211. The molecule has 1 amide bonds. The average Bonchev–Trinajstić information content (AvgIpc) is 3.25. The Morgan fingerprint density at radius 1 is 1.22 bits per heavy atom. The van der Waals surface area contributed by atoms with E-state index < -0.39 is 26.1 Å². The predicted octanol–water partition coefficient (Wildman–Crippen LogP) is 3.37. The molecule has 0 unspecified atom stereocenters. The Balaban J connectivity index is 1.58. The Morgan fingerprint density at radius 2 is 1.88 bits per heavy atom. The standard InChI is InChI=1S/C19H16F3N5O3S2/c1-9-7-13-25-10(2)26-27(13)18-14(9)15(23)16(31-18)17(28)24-8-11-3-5-12(6-4-11)32(29,30)19(20,21)22/h3-7H,8,23H2,1-2H3,(H,24,28). The minimum Gasteiger partial charge on any atom is -0.397 e. The van der Waals surface area contributed by atoms with Gasteiger partial charge in [-0.05, 0) is 43.2 Å². The second-order valence-corrected chi connectivity index (χ2v) is 10.00. The lowest BCUT2D eigenvalue weighted by Gasteiger charge is -2.09. The van der Waals surface area contributed by atoms with E-state index in [1.807, 2.05) is 13.0 Å². The fourth-order valence-electron chi connectivity index (χ4n) is 3.25. The van der Waals surface area contributed by atoms with Crippen LogP contribution in [0.1, 0.15) is 26.6 Å². The van der Waals surface area contributed by atoms with Gasteiger partial charge in [-0.2, -0.15) is 18.3 Å². The van der Waals surface area contributed by atoms with Gasteiger partial charge in [0.15, 0.2) is 5.65 Å². The monoisotopic (exact) mass is 483 g/mol. The van der Waals surface area contributed by atoms with Gasteiger partial charge in [0.25, 0.3) is 15.7 Å². The highest BCUT2D eigenvalue weighted by molar-refractivity contribution is 7.92. The fourth-order valence-corrected chi connectivity index (χ4v) is 5.18. The van der Waals surface area contributed by atoms with E-state index in [2.05, 4.69) is 15.4 Å². The van der Waals surface area contributed by atoms with Gasteiger partial charge in [0.2, 0.25) is 0 Å². The molecule has 3 heterocycles. The minimum atomic E-state index is -5.42. The molecule has 0 radical (unpaired) electrons. The first-order valence-corrected chi connectivity index (χ1v) is 11.4. The largest absolute Gasteiger partial charge is 0.501 e. The van der Waals surface area contributed by atoms with Crippen LogP contribution in [0.25, 0.3) is 15.9 Å². The maximum Gasteiger partial charge on any atom is 0.501 e. The Morgan fingerprint density at radius 3 is 2.50 bits per heavy atom. The maximum atomic E-state index is 12.7. The number of nitrogens with two attached hydrogens (primary N) is 1. The third-order valence-corrected chi connectivity index (χ3v) is 7.48. The van der Waals surface area contributed by atoms with Crippen LogP contribution in [0.5, 0.6) is 0 Å². The number of halogens is 3. The molecule has 0 bridgehead atoms. The molecular weight excluding hydrogens is 467 g/mol. The molecule has 0 spiro atoms. The van der Waals surface area contributed by atoms with Gasteiger partial charge in [0, 0.05) is 11.9 Å². The van der Waals surface area contributed by atoms with Crippen molar-refractivity contribution in [2.45, 2.75) is 30.8 Å². The molecule has 13 heteroatoms. The van der Waals surface area contributed by atoms with Crippen LogP contribution in [-0.4, -0.2) is 34.4 Å². The number of thiophene rings is 1. The number of nitrogens with one attached hydrogen (secondary N) is 1. The molecular formula is C19H16F3N5O3S2. The van der Waals surface area contributed by atoms with Crippen molar-refractivity contribution in [3.8, 4) is 0 Å². The normalized spacial score (nSPS) is 12.5. The predicted molar refractivity (Wildman–Crippen MR) is 113 cm³/mol. The van der Waals surface area contributed by atoms with Gasteiger partial charge in [-0.1, -0.05) is 12.1 Å². The van der Waals surface area contributed by atoms with Crippen molar-refractivity contribution < 1.29 is 26.4 Å². The Labute approximate surface area is 183 Å². The number of amides is 1. The van der Waals surface area contributed by atoms with Gasteiger partial charge in [0.05, 0.1) is 10.6 Å². The summed E-state index contributed by atoms with van der Waals surface area (Å²) in [6.45, 7) is 3.58. The van der Waals surface area contributed by atoms with E-state index in [0.29, 0.717) is 32.9 Å². The number of aromatic nitrogens is 3. The van der Waals surface area contributed by atoms with E-state index in [9.17, 15) is 26.4 Å². The zero-order valence-electron chi connectivity index (χ0n) is 16.7. The Bertz CT molecular complexity index is 1470. The second-order valence-electron chi connectivity index (χ2n) is 7.06. The summed E-state index contributed by atoms with van der Waals surface area (Å²) in [6.07, 6.45) is 0. The first-order valence-electron chi connectivity index (χ1n) is 9.13. The van der Waals surface area contributed by atoms with Crippen LogP contribution < -0.4 is 11.1 Å². The lowest BCUT2D eigenvalue weighted by Crippen LogP contribution is -2.24. The third-order valence-electron chi connectivity index (χ3n) is 4.79. The van der Waals surface area contributed by atoms with Gasteiger partial charge in [-0.3, -0.25) is 4.79 Å². The van der Waals surface area contributed by atoms with Gasteiger partial charge < -0.3 is 11.1 Å². The molecule has 0 atom stereocenters. The molecule has 0 aliphatic rings. The number of hydrogen-bond acceptors (Lipinski definition) is 7. The van der Waals surface area contributed by atoms with Crippen LogP contribution in [-0.2, 0) is 16.4 Å². The number of carbonyl (C=O) groups is 1. The molecule has 8 nitrogen and oxygen atoms in total. The summed E-state index contributed by atoms with van der Waals surface area (Å²) < 4.78 is 62.5. The lowest BCUT2D eigenvalue weighted by molar-refractivity contribution is -0.0436. The molecule has 0 fully saturated rings. The van der Waals surface area contributed by atoms with Gasteiger partial charge in [0.1, 0.15) is 15.5 Å². The first kappa shape index (κ1) is 22.0. The number of fused-ring (bicyclic) bond motifs is 3. The lowest BCUT2D eigenvalue weighted by atomic mass is 10.1. The molecule has 0 aliphatic carbocycles. The summed E-state index contributed by atoms with van der Waals surface area (Å²) in [5.41, 5.74) is 3.04. The average molecular weight is 483 g/mol. The molecule has 0 saturated carbocycles. The number of benzene rings is 1. The number of hydrogen-bond donors (Lipinski definition) is 2. The van der Waals surface area contributed by atoms with E-state index in [1.54, 1.807) is 11.4 Å². The van der Waals surface area contributed by atoms with E-state index in [-0.39, 0.29) is 11.4 Å². The molecule has 0 saturated heterocycles. The van der Waals surface area contributed by atoms with Crippen molar-refractivity contribution in [3.63, 3.8) is 0 Å². The molecule has 0 aliphatic heterocycles. The van der Waals surface area contributed by atoms with Crippen molar-refractivity contribution in [1.82, 2.24) is 19.9 Å². The molecule has 3 N–H and O–H groups in total. The molecule has 32 heavy (non-hydrogen) atoms. The Hall–Kier alpha value is -3.19. The summed E-state index contributed by atoms with van der Waals surface area (Å²) >= 11 is 1.15. The number of nitrogen functional groups attached to an aromatic ring is 1. The van der Waals surface area contributed by atoms with E-state index >= 15 is 0 Å². The smallest absolute Gasteiger partial charge is 0.397 e. The molecule has 4 rings (SSSR count). The summed E-state index contributed by atoms with van der Waals surface area (Å²) in [5, 5.41) is 7.68. The van der Waals surface area contributed by atoms with E-state index in [1.165, 1.54) is 12.1 Å². The van der Waals surface area contributed by atoms with Crippen LogP contribution in [0.15, 0.2) is 35.2 Å². The summed E-state index contributed by atoms with van der Waals surface area (Å²) in [6, 6.07) is 5.94. The number of alkyl halides is 3. The van der Waals surface area contributed by atoms with Crippen LogP contribution in [0.4, 0.5) is 18.9 Å². The highest BCUT2D eigenvalue weighted by Crippen LogP contribution is 2.36. The topological polar surface area (TPSA) is 119 Å². The number of sulfone groups is 1. The van der Waals surface area contributed by atoms with Gasteiger partial charge in [-0.25, -0.2) is 17.9 Å². The Kier molecular flexibility index (Phi) is 5.12. The second kappa shape index (κ2) is 7.45. The van der Waals surface area contributed by atoms with Crippen LogP contribution >= 0.6 is 11.3 Å². The number of pyridine rings is 1. The van der Waals surface area contributed by atoms with Crippen molar-refractivity contribution >= 4 is 48.6 Å². The van der Waals surface area contributed by atoms with E-state index in [0.717, 1.165) is 29.0 Å².